The molecule has 0 unspecified atom stereocenters. The summed E-state index contributed by atoms with van der Waals surface area (Å²) >= 11 is 7.57. The Morgan fingerprint density at radius 2 is 1.92 bits per heavy atom. The lowest BCUT2D eigenvalue weighted by atomic mass is 10.1. The van der Waals surface area contributed by atoms with Gasteiger partial charge in [-0.3, -0.25) is 4.79 Å². The van der Waals surface area contributed by atoms with Crippen LogP contribution in [0.5, 0.6) is 5.75 Å². The summed E-state index contributed by atoms with van der Waals surface area (Å²) in [5.74, 6) is 1.66. The van der Waals surface area contributed by atoms with Crippen molar-refractivity contribution in [1.82, 2.24) is 0 Å². The molecule has 1 amide bonds. The molecular formula is C20H18ClNO2S. The molecule has 0 saturated carbocycles. The monoisotopic (exact) mass is 371 g/mol. The first kappa shape index (κ1) is 17.6. The number of anilines is 1. The van der Waals surface area contributed by atoms with Gasteiger partial charge in [0.15, 0.2) is 0 Å². The van der Waals surface area contributed by atoms with Gasteiger partial charge in [0.1, 0.15) is 5.75 Å². The smallest absolute Gasteiger partial charge is 0.234 e. The van der Waals surface area contributed by atoms with E-state index in [9.17, 15) is 4.79 Å². The van der Waals surface area contributed by atoms with Crippen LogP contribution >= 0.6 is 23.4 Å². The Hall–Kier alpha value is -2.17. The van der Waals surface area contributed by atoms with Crippen LogP contribution in [-0.2, 0) is 10.5 Å². The van der Waals surface area contributed by atoms with E-state index in [4.69, 9.17) is 16.3 Å². The van der Waals surface area contributed by atoms with Gasteiger partial charge in [-0.05, 0) is 34.5 Å². The topological polar surface area (TPSA) is 38.3 Å². The second-order valence-electron chi connectivity index (χ2n) is 5.52. The Balaban J connectivity index is 1.60. The number of fused-ring (bicyclic) bond motifs is 1. The molecular weight excluding hydrogens is 354 g/mol. The number of thioether (sulfide) groups is 1. The number of ether oxygens (including phenoxy) is 1. The fourth-order valence-corrected chi connectivity index (χ4v) is 3.64. The molecule has 0 saturated heterocycles. The molecule has 128 valence electrons. The number of benzene rings is 3. The highest BCUT2D eigenvalue weighted by Gasteiger charge is 2.09. The van der Waals surface area contributed by atoms with Crippen LogP contribution in [0.4, 0.5) is 5.69 Å². The molecule has 0 spiro atoms. The van der Waals surface area contributed by atoms with Gasteiger partial charge in [0.25, 0.3) is 0 Å². The minimum absolute atomic E-state index is 0.0780. The van der Waals surface area contributed by atoms with E-state index >= 15 is 0 Å². The van der Waals surface area contributed by atoms with Crippen molar-refractivity contribution < 1.29 is 9.53 Å². The van der Waals surface area contributed by atoms with Crippen LogP contribution in [0.25, 0.3) is 10.8 Å². The van der Waals surface area contributed by atoms with E-state index in [1.54, 1.807) is 37.1 Å². The number of amides is 1. The lowest BCUT2D eigenvalue weighted by Crippen LogP contribution is -2.14. The average molecular weight is 372 g/mol. The van der Waals surface area contributed by atoms with Gasteiger partial charge in [-0.25, -0.2) is 0 Å². The number of rotatable bonds is 6. The largest absolute Gasteiger partial charge is 0.495 e. The zero-order valence-electron chi connectivity index (χ0n) is 13.8. The number of carbonyl (C=O) groups excluding carboxylic acids is 1. The molecule has 1 N–H and O–H groups in total. The molecule has 5 heteroatoms. The van der Waals surface area contributed by atoms with Gasteiger partial charge in [0.2, 0.25) is 5.91 Å². The molecule has 25 heavy (non-hydrogen) atoms. The Morgan fingerprint density at radius 3 is 2.76 bits per heavy atom. The van der Waals surface area contributed by atoms with Crippen molar-refractivity contribution in [1.29, 1.82) is 0 Å². The van der Waals surface area contributed by atoms with Crippen molar-refractivity contribution in [2.75, 3.05) is 18.2 Å². The predicted molar refractivity (Wildman–Crippen MR) is 107 cm³/mol. The molecule has 0 bridgehead atoms. The molecule has 3 aromatic rings. The van der Waals surface area contributed by atoms with E-state index in [1.165, 1.54) is 16.3 Å². The molecule has 0 radical (unpaired) electrons. The third-order valence-electron chi connectivity index (χ3n) is 3.81. The van der Waals surface area contributed by atoms with Crippen LogP contribution in [0, 0.1) is 0 Å². The lowest BCUT2D eigenvalue weighted by Gasteiger charge is -2.11. The molecule has 0 aliphatic heterocycles. The minimum atomic E-state index is -0.0780. The van der Waals surface area contributed by atoms with Crippen LogP contribution in [0.1, 0.15) is 5.56 Å². The fraction of sp³-hybridized carbons (Fsp3) is 0.150. The number of methoxy groups -OCH3 is 1. The van der Waals surface area contributed by atoms with Crippen molar-refractivity contribution in [3.63, 3.8) is 0 Å². The summed E-state index contributed by atoms with van der Waals surface area (Å²) in [6.45, 7) is 0. The van der Waals surface area contributed by atoms with Crippen LogP contribution in [0.15, 0.2) is 60.7 Å². The zero-order chi connectivity index (χ0) is 17.6. The van der Waals surface area contributed by atoms with Crippen molar-refractivity contribution in [3.05, 3.63) is 71.2 Å². The molecule has 3 nitrogen and oxygen atoms in total. The standard InChI is InChI=1S/C20H18ClNO2S/c1-24-19-10-9-16(21)11-18(19)22-20(23)13-25-12-15-7-4-6-14-5-2-3-8-17(14)15/h2-11H,12-13H2,1H3,(H,22,23). The third kappa shape index (κ3) is 4.47. The zero-order valence-corrected chi connectivity index (χ0v) is 15.4. The predicted octanol–water partition coefficient (Wildman–Crippen LogP) is 5.37. The third-order valence-corrected chi connectivity index (χ3v) is 5.02. The number of hydrogen-bond donors (Lipinski definition) is 1. The lowest BCUT2D eigenvalue weighted by molar-refractivity contribution is -0.113. The van der Waals surface area contributed by atoms with Gasteiger partial charge in [-0.1, -0.05) is 54.1 Å². The minimum Gasteiger partial charge on any atom is -0.495 e. The van der Waals surface area contributed by atoms with Crippen molar-refractivity contribution in [2.24, 2.45) is 0 Å². The maximum Gasteiger partial charge on any atom is 0.234 e. The number of hydrogen-bond acceptors (Lipinski definition) is 3. The van der Waals surface area contributed by atoms with Crippen molar-refractivity contribution >= 4 is 45.7 Å². The molecule has 3 rings (SSSR count). The Bertz CT molecular complexity index is 893. The van der Waals surface area contributed by atoms with E-state index < -0.39 is 0 Å². The molecule has 0 heterocycles. The fourth-order valence-electron chi connectivity index (χ4n) is 2.64. The number of halogens is 1. The molecule has 3 aromatic carbocycles. The number of carbonyl (C=O) groups is 1. The molecule has 0 fully saturated rings. The Morgan fingerprint density at radius 1 is 1.12 bits per heavy atom. The summed E-state index contributed by atoms with van der Waals surface area (Å²) in [6.07, 6.45) is 0. The van der Waals surface area contributed by atoms with E-state index in [-0.39, 0.29) is 5.91 Å². The maximum absolute atomic E-state index is 12.2. The van der Waals surface area contributed by atoms with Gasteiger partial charge < -0.3 is 10.1 Å². The van der Waals surface area contributed by atoms with E-state index in [2.05, 4.69) is 35.6 Å². The van der Waals surface area contributed by atoms with Crippen LogP contribution < -0.4 is 10.1 Å². The summed E-state index contributed by atoms with van der Waals surface area (Å²) in [7, 11) is 1.56. The first-order chi connectivity index (χ1) is 12.2. The SMILES string of the molecule is COc1ccc(Cl)cc1NC(=O)CSCc1cccc2ccccc12. The first-order valence-corrected chi connectivity index (χ1v) is 9.38. The summed E-state index contributed by atoms with van der Waals surface area (Å²) in [5.41, 5.74) is 1.82. The quantitative estimate of drug-likeness (QED) is 0.632. The Kier molecular flexibility index (Phi) is 5.84. The molecule has 0 aliphatic carbocycles. The summed E-state index contributed by atoms with van der Waals surface area (Å²) < 4.78 is 5.24. The van der Waals surface area contributed by atoms with Gasteiger partial charge in [0, 0.05) is 10.8 Å². The van der Waals surface area contributed by atoms with Crippen LogP contribution in [-0.4, -0.2) is 18.8 Å². The van der Waals surface area contributed by atoms with Gasteiger partial charge in [-0.2, -0.15) is 0 Å². The van der Waals surface area contributed by atoms with Gasteiger partial charge in [-0.15, -0.1) is 11.8 Å². The highest BCUT2D eigenvalue weighted by atomic mass is 35.5. The average Bonchev–Trinajstić information content (AvgIpc) is 2.62. The summed E-state index contributed by atoms with van der Waals surface area (Å²) in [4.78, 5) is 12.2. The van der Waals surface area contributed by atoms with E-state index in [0.29, 0.717) is 22.2 Å². The van der Waals surface area contributed by atoms with Gasteiger partial charge in [0.05, 0.1) is 18.6 Å². The van der Waals surface area contributed by atoms with E-state index in [0.717, 1.165) is 5.75 Å². The normalized spacial score (nSPS) is 10.6. The highest BCUT2D eigenvalue weighted by molar-refractivity contribution is 7.99. The molecule has 0 atom stereocenters. The van der Waals surface area contributed by atoms with E-state index in [1.807, 2.05) is 12.1 Å². The molecule has 0 aliphatic rings. The molecule has 0 aromatic heterocycles. The number of nitrogens with one attached hydrogen (secondary N) is 1. The highest BCUT2D eigenvalue weighted by Crippen LogP contribution is 2.28. The summed E-state index contributed by atoms with van der Waals surface area (Å²) in [6, 6.07) is 19.7. The van der Waals surface area contributed by atoms with Crippen molar-refractivity contribution in [2.45, 2.75) is 5.75 Å². The second-order valence-corrected chi connectivity index (χ2v) is 6.95. The van der Waals surface area contributed by atoms with Crippen molar-refractivity contribution in [3.8, 4) is 5.75 Å². The second kappa shape index (κ2) is 8.28. The van der Waals surface area contributed by atoms with Crippen LogP contribution in [0.3, 0.4) is 0 Å². The first-order valence-electron chi connectivity index (χ1n) is 7.85. The van der Waals surface area contributed by atoms with Gasteiger partial charge >= 0.3 is 0 Å². The van der Waals surface area contributed by atoms with Crippen LogP contribution in [0.2, 0.25) is 5.02 Å². The summed E-state index contributed by atoms with van der Waals surface area (Å²) in [5, 5.41) is 5.86. The Labute approximate surface area is 156 Å². The maximum atomic E-state index is 12.2.